The Morgan fingerprint density at radius 1 is 1.12 bits per heavy atom. The van der Waals surface area contributed by atoms with Gasteiger partial charge in [0.15, 0.2) is 28.6 Å². The van der Waals surface area contributed by atoms with Crippen molar-refractivity contribution in [2.24, 2.45) is 0 Å². The Morgan fingerprint density at radius 2 is 1.88 bits per heavy atom. The topological polar surface area (TPSA) is 104 Å². The standard InChI is InChI=1S/C22H20N4O5S2/c1-2-11-25-20(18-14-30-16-8-4-5-9-17(16)31-18)23-24-22(25)32-13-12-26-21(27)15-7-3-6-10-19(15)33(26,28)29/h2-10,18H,1,11-14H2. The van der Waals surface area contributed by atoms with E-state index in [1.54, 1.807) is 18.2 Å². The Labute approximate surface area is 195 Å². The van der Waals surface area contributed by atoms with E-state index in [0.717, 1.165) is 4.31 Å². The largest absolute Gasteiger partial charge is 0.485 e. The van der Waals surface area contributed by atoms with E-state index in [9.17, 15) is 13.2 Å². The Bertz CT molecular complexity index is 1340. The van der Waals surface area contributed by atoms with Gasteiger partial charge in [-0.05, 0) is 24.3 Å². The summed E-state index contributed by atoms with van der Waals surface area (Å²) in [5.41, 5.74) is 0.203. The molecule has 0 saturated heterocycles. The summed E-state index contributed by atoms with van der Waals surface area (Å²) >= 11 is 1.31. The highest BCUT2D eigenvalue weighted by atomic mass is 32.2. The van der Waals surface area contributed by atoms with Crippen LogP contribution in [-0.4, -0.2) is 52.3 Å². The molecule has 9 nitrogen and oxygen atoms in total. The van der Waals surface area contributed by atoms with E-state index < -0.39 is 22.0 Å². The molecule has 170 valence electrons. The minimum atomic E-state index is -3.84. The number of para-hydroxylation sites is 2. The van der Waals surface area contributed by atoms with Gasteiger partial charge in [0.05, 0.1) is 5.56 Å². The maximum absolute atomic E-state index is 12.7. The number of carbonyl (C=O) groups excluding carboxylic acids is 1. The highest BCUT2D eigenvalue weighted by Gasteiger charge is 2.40. The molecule has 3 aromatic rings. The van der Waals surface area contributed by atoms with Crippen LogP contribution in [-0.2, 0) is 16.6 Å². The van der Waals surface area contributed by atoms with E-state index in [-0.39, 0.29) is 23.6 Å². The zero-order chi connectivity index (χ0) is 23.0. The van der Waals surface area contributed by atoms with Crippen LogP contribution in [0.25, 0.3) is 0 Å². The second kappa shape index (κ2) is 8.56. The van der Waals surface area contributed by atoms with E-state index in [2.05, 4.69) is 16.8 Å². The number of hydrogen-bond acceptors (Lipinski definition) is 8. The van der Waals surface area contributed by atoms with E-state index >= 15 is 0 Å². The second-order valence-electron chi connectivity index (χ2n) is 7.33. The van der Waals surface area contributed by atoms with Gasteiger partial charge < -0.3 is 9.47 Å². The summed E-state index contributed by atoms with van der Waals surface area (Å²) < 4.78 is 40.1. The molecule has 1 atom stereocenters. The highest BCUT2D eigenvalue weighted by Crippen LogP contribution is 2.36. The van der Waals surface area contributed by atoms with Crippen LogP contribution in [0.3, 0.4) is 0 Å². The summed E-state index contributed by atoms with van der Waals surface area (Å²) in [7, 11) is -3.84. The number of aromatic nitrogens is 3. The first kappa shape index (κ1) is 21.5. The zero-order valence-electron chi connectivity index (χ0n) is 17.5. The quantitative estimate of drug-likeness (QED) is 0.373. The van der Waals surface area contributed by atoms with Crippen LogP contribution in [0.4, 0.5) is 0 Å². The highest BCUT2D eigenvalue weighted by molar-refractivity contribution is 7.99. The summed E-state index contributed by atoms with van der Waals surface area (Å²) in [6.07, 6.45) is 1.27. The van der Waals surface area contributed by atoms with Crippen LogP contribution in [0.2, 0.25) is 0 Å². The van der Waals surface area contributed by atoms with Crippen molar-refractivity contribution in [1.29, 1.82) is 0 Å². The van der Waals surface area contributed by atoms with E-state index in [4.69, 9.17) is 9.47 Å². The van der Waals surface area contributed by atoms with Gasteiger partial charge in [0.2, 0.25) is 0 Å². The van der Waals surface area contributed by atoms with E-state index in [0.29, 0.717) is 34.8 Å². The predicted octanol–water partition coefficient (Wildman–Crippen LogP) is 2.91. The molecule has 1 amide bonds. The molecular weight excluding hydrogens is 464 g/mol. The Hall–Kier alpha value is -3.31. The van der Waals surface area contributed by atoms with Crippen molar-refractivity contribution in [2.45, 2.75) is 22.7 Å². The Kier molecular flexibility index (Phi) is 5.59. The van der Waals surface area contributed by atoms with Gasteiger partial charge in [-0.25, -0.2) is 12.7 Å². The summed E-state index contributed by atoms with van der Waals surface area (Å²) in [6, 6.07) is 13.7. The number of allylic oxidation sites excluding steroid dienone is 1. The Balaban J connectivity index is 1.31. The number of amides is 1. The minimum Gasteiger partial charge on any atom is -0.485 e. The van der Waals surface area contributed by atoms with Gasteiger partial charge in [-0.1, -0.05) is 42.1 Å². The van der Waals surface area contributed by atoms with Crippen LogP contribution in [0, 0.1) is 0 Å². The van der Waals surface area contributed by atoms with Crippen LogP contribution >= 0.6 is 11.8 Å². The molecule has 1 aromatic heterocycles. The monoisotopic (exact) mass is 484 g/mol. The molecule has 2 aromatic carbocycles. The van der Waals surface area contributed by atoms with Crippen molar-refractivity contribution < 1.29 is 22.7 Å². The van der Waals surface area contributed by atoms with Gasteiger partial charge in [0.1, 0.15) is 11.5 Å². The number of nitrogens with zero attached hydrogens (tertiary/aromatic N) is 4. The minimum absolute atomic E-state index is 0.0210. The molecule has 0 radical (unpaired) electrons. The van der Waals surface area contributed by atoms with Gasteiger partial charge in [-0.3, -0.25) is 9.36 Å². The number of thioether (sulfide) groups is 1. The molecule has 0 N–H and O–H groups in total. The number of rotatable bonds is 7. The molecule has 3 heterocycles. The molecular formula is C22H20N4O5S2. The summed E-state index contributed by atoms with van der Waals surface area (Å²) in [6.45, 7) is 4.56. The van der Waals surface area contributed by atoms with Crippen molar-refractivity contribution >= 4 is 27.7 Å². The first-order valence-electron chi connectivity index (χ1n) is 10.2. The number of hydrogen-bond donors (Lipinski definition) is 0. The van der Waals surface area contributed by atoms with Crippen LogP contribution in [0.15, 0.2) is 71.2 Å². The van der Waals surface area contributed by atoms with Crippen LogP contribution < -0.4 is 9.47 Å². The molecule has 0 aliphatic carbocycles. The van der Waals surface area contributed by atoms with Gasteiger partial charge >= 0.3 is 0 Å². The first-order valence-corrected chi connectivity index (χ1v) is 12.6. The second-order valence-corrected chi connectivity index (χ2v) is 10.2. The zero-order valence-corrected chi connectivity index (χ0v) is 19.1. The maximum atomic E-state index is 12.7. The lowest BCUT2D eigenvalue weighted by molar-refractivity contribution is 0.0821. The van der Waals surface area contributed by atoms with Crippen LogP contribution in [0.1, 0.15) is 22.3 Å². The lowest BCUT2D eigenvalue weighted by Gasteiger charge is -2.26. The summed E-state index contributed by atoms with van der Waals surface area (Å²) in [4.78, 5) is 12.6. The number of fused-ring (bicyclic) bond motifs is 2. The number of sulfonamides is 1. The van der Waals surface area contributed by atoms with Crippen molar-refractivity contribution in [3.8, 4) is 11.5 Å². The lowest BCUT2D eigenvalue weighted by Crippen LogP contribution is -2.32. The number of carbonyl (C=O) groups is 1. The Morgan fingerprint density at radius 3 is 2.67 bits per heavy atom. The van der Waals surface area contributed by atoms with Crippen molar-refractivity contribution in [3.05, 3.63) is 72.6 Å². The van der Waals surface area contributed by atoms with Gasteiger partial charge in [0, 0.05) is 18.8 Å². The molecule has 2 aliphatic heterocycles. The molecule has 33 heavy (non-hydrogen) atoms. The molecule has 0 spiro atoms. The average molecular weight is 485 g/mol. The normalized spacial score (nSPS) is 18.2. The predicted molar refractivity (Wildman–Crippen MR) is 121 cm³/mol. The maximum Gasteiger partial charge on any atom is 0.269 e. The van der Waals surface area contributed by atoms with Gasteiger partial charge in [-0.2, -0.15) is 0 Å². The molecule has 1 unspecified atom stereocenters. The third kappa shape index (κ3) is 3.76. The molecule has 5 rings (SSSR count). The fourth-order valence-electron chi connectivity index (χ4n) is 3.76. The van der Waals surface area contributed by atoms with Crippen molar-refractivity contribution in [1.82, 2.24) is 19.1 Å². The molecule has 0 fully saturated rings. The van der Waals surface area contributed by atoms with Crippen LogP contribution in [0.5, 0.6) is 11.5 Å². The third-order valence-corrected chi connectivity index (χ3v) is 8.08. The SMILES string of the molecule is C=CCn1c(SCCN2C(=O)c3ccccc3S2(=O)=O)nnc1C1COc2ccccc2O1. The first-order chi connectivity index (χ1) is 16.0. The average Bonchev–Trinajstić information content (AvgIpc) is 3.31. The van der Waals surface area contributed by atoms with Gasteiger partial charge in [-0.15, -0.1) is 16.8 Å². The van der Waals surface area contributed by atoms with Gasteiger partial charge in [0.25, 0.3) is 15.9 Å². The third-order valence-electron chi connectivity index (χ3n) is 5.29. The molecule has 2 aliphatic rings. The molecule has 0 bridgehead atoms. The number of benzene rings is 2. The fraction of sp³-hybridized carbons (Fsp3) is 0.227. The molecule has 0 saturated carbocycles. The fourth-order valence-corrected chi connectivity index (χ4v) is 6.33. The summed E-state index contributed by atoms with van der Waals surface area (Å²) in [5.74, 6) is 1.71. The summed E-state index contributed by atoms with van der Waals surface area (Å²) in [5, 5.41) is 9.14. The lowest BCUT2D eigenvalue weighted by atomic mass is 10.2. The van der Waals surface area contributed by atoms with E-state index in [1.165, 1.54) is 23.9 Å². The van der Waals surface area contributed by atoms with Crippen molar-refractivity contribution in [3.63, 3.8) is 0 Å². The number of ether oxygens (including phenoxy) is 2. The smallest absolute Gasteiger partial charge is 0.269 e. The van der Waals surface area contributed by atoms with Crippen molar-refractivity contribution in [2.75, 3.05) is 18.9 Å². The molecule has 11 heteroatoms. The van der Waals surface area contributed by atoms with E-state index in [1.807, 2.05) is 28.8 Å².